The van der Waals surface area contributed by atoms with Gasteiger partial charge in [0.25, 0.3) is 0 Å². The van der Waals surface area contributed by atoms with Crippen LogP contribution in [0, 0.1) is 0 Å². The number of hydrogen-bond acceptors (Lipinski definition) is 4. The first kappa shape index (κ1) is 12.9. The molecule has 1 saturated heterocycles. The molecule has 0 amide bonds. The van der Waals surface area contributed by atoms with Crippen LogP contribution in [0.1, 0.15) is 25.7 Å². The molecule has 0 bridgehead atoms. The van der Waals surface area contributed by atoms with E-state index < -0.39 is 10.0 Å². The fourth-order valence-electron chi connectivity index (χ4n) is 1.54. The number of ether oxygens (including phenoxy) is 1. The molecule has 1 unspecified atom stereocenters. The van der Waals surface area contributed by atoms with E-state index in [4.69, 9.17) is 9.84 Å². The first-order chi connectivity index (χ1) is 7.14. The summed E-state index contributed by atoms with van der Waals surface area (Å²) in [5.41, 5.74) is 0. The zero-order chi connectivity index (χ0) is 11.1. The van der Waals surface area contributed by atoms with Crippen LogP contribution < -0.4 is 4.72 Å². The van der Waals surface area contributed by atoms with Crippen LogP contribution in [0.3, 0.4) is 0 Å². The molecule has 6 heteroatoms. The van der Waals surface area contributed by atoms with E-state index in [-0.39, 0.29) is 18.5 Å². The Balaban J connectivity index is 2.19. The van der Waals surface area contributed by atoms with Crippen LogP contribution in [-0.4, -0.2) is 45.1 Å². The van der Waals surface area contributed by atoms with Crippen molar-refractivity contribution >= 4 is 10.0 Å². The lowest BCUT2D eigenvalue weighted by molar-refractivity contribution is 0.127. The van der Waals surface area contributed by atoms with Gasteiger partial charge in [0.15, 0.2) is 0 Å². The number of nitrogens with one attached hydrogen (secondary N) is 1. The van der Waals surface area contributed by atoms with E-state index in [0.29, 0.717) is 26.0 Å². The standard InChI is InChI=1S/C9H19NO4S/c11-6-2-1-5-10-15(12,13)8-9-4-3-7-14-9/h9-11H,1-8H2. The highest BCUT2D eigenvalue weighted by Gasteiger charge is 2.22. The molecule has 1 aliphatic rings. The summed E-state index contributed by atoms with van der Waals surface area (Å²) in [4.78, 5) is 0. The predicted molar refractivity (Wildman–Crippen MR) is 57.1 cm³/mol. The Morgan fingerprint density at radius 1 is 1.40 bits per heavy atom. The highest BCUT2D eigenvalue weighted by Crippen LogP contribution is 2.13. The van der Waals surface area contributed by atoms with Crippen molar-refractivity contribution in [1.29, 1.82) is 0 Å². The SMILES string of the molecule is O=S(=O)(CC1CCCO1)NCCCCO. The third-order valence-corrected chi connectivity index (χ3v) is 3.79. The Morgan fingerprint density at radius 2 is 2.20 bits per heavy atom. The van der Waals surface area contributed by atoms with E-state index in [1.54, 1.807) is 0 Å². The summed E-state index contributed by atoms with van der Waals surface area (Å²) in [5.74, 6) is 0.0616. The molecule has 0 aliphatic carbocycles. The van der Waals surface area contributed by atoms with Crippen LogP contribution in [0.4, 0.5) is 0 Å². The number of unbranched alkanes of at least 4 members (excludes halogenated alkanes) is 1. The molecular weight excluding hydrogens is 218 g/mol. The van der Waals surface area contributed by atoms with Crippen molar-refractivity contribution in [2.75, 3.05) is 25.5 Å². The summed E-state index contributed by atoms with van der Waals surface area (Å²) >= 11 is 0. The Labute approximate surface area is 90.9 Å². The third-order valence-electron chi connectivity index (χ3n) is 2.34. The minimum Gasteiger partial charge on any atom is -0.396 e. The molecule has 1 fully saturated rings. The molecule has 1 rings (SSSR count). The Kier molecular flexibility index (Phi) is 5.52. The Morgan fingerprint density at radius 3 is 2.80 bits per heavy atom. The maximum Gasteiger partial charge on any atom is 0.214 e. The fraction of sp³-hybridized carbons (Fsp3) is 1.00. The highest BCUT2D eigenvalue weighted by atomic mass is 32.2. The molecule has 90 valence electrons. The lowest BCUT2D eigenvalue weighted by Gasteiger charge is -2.10. The van der Waals surface area contributed by atoms with Crippen molar-refractivity contribution in [3.63, 3.8) is 0 Å². The number of hydrogen-bond donors (Lipinski definition) is 2. The quantitative estimate of drug-likeness (QED) is 0.604. The van der Waals surface area contributed by atoms with Crippen LogP contribution in [0.15, 0.2) is 0 Å². The van der Waals surface area contributed by atoms with Crippen molar-refractivity contribution in [3.8, 4) is 0 Å². The van der Waals surface area contributed by atoms with E-state index >= 15 is 0 Å². The topological polar surface area (TPSA) is 75.6 Å². The van der Waals surface area contributed by atoms with Crippen molar-refractivity contribution in [1.82, 2.24) is 4.72 Å². The Bertz CT molecular complexity index is 259. The van der Waals surface area contributed by atoms with Crippen LogP contribution >= 0.6 is 0 Å². The molecule has 1 heterocycles. The summed E-state index contributed by atoms with van der Waals surface area (Å²) < 4.78 is 30.8. The Hall–Kier alpha value is -0.170. The normalized spacial score (nSPS) is 22.1. The molecule has 1 atom stereocenters. The zero-order valence-corrected chi connectivity index (χ0v) is 9.63. The second-order valence-electron chi connectivity index (χ2n) is 3.74. The molecule has 0 spiro atoms. The van der Waals surface area contributed by atoms with Crippen molar-refractivity contribution in [2.45, 2.75) is 31.8 Å². The molecule has 5 nitrogen and oxygen atoms in total. The van der Waals surface area contributed by atoms with Gasteiger partial charge >= 0.3 is 0 Å². The van der Waals surface area contributed by atoms with Crippen LogP contribution in [0.25, 0.3) is 0 Å². The van der Waals surface area contributed by atoms with Gasteiger partial charge in [-0.3, -0.25) is 0 Å². The number of aliphatic hydroxyl groups is 1. The second-order valence-corrected chi connectivity index (χ2v) is 5.59. The summed E-state index contributed by atoms with van der Waals surface area (Å²) in [6.45, 7) is 1.17. The molecule has 15 heavy (non-hydrogen) atoms. The van der Waals surface area contributed by atoms with Gasteiger partial charge in [-0.05, 0) is 25.7 Å². The minimum absolute atomic E-state index is 0.0616. The monoisotopic (exact) mass is 237 g/mol. The molecule has 0 aromatic heterocycles. The summed E-state index contributed by atoms with van der Waals surface area (Å²) in [7, 11) is -3.20. The van der Waals surface area contributed by atoms with Crippen molar-refractivity contribution in [2.24, 2.45) is 0 Å². The minimum atomic E-state index is -3.20. The number of rotatable bonds is 7. The van der Waals surface area contributed by atoms with Gasteiger partial charge in [0.1, 0.15) is 0 Å². The zero-order valence-electron chi connectivity index (χ0n) is 8.81. The smallest absolute Gasteiger partial charge is 0.214 e. The van der Waals surface area contributed by atoms with E-state index in [2.05, 4.69) is 4.72 Å². The molecule has 0 aromatic carbocycles. The van der Waals surface area contributed by atoms with Crippen LogP contribution in [0.5, 0.6) is 0 Å². The summed E-state index contributed by atoms with van der Waals surface area (Å²) in [5, 5.41) is 8.53. The van der Waals surface area contributed by atoms with E-state index in [1.807, 2.05) is 0 Å². The van der Waals surface area contributed by atoms with Crippen molar-refractivity contribution < 1.29 is 18.3 Å². The van der Waals surface area contributed by atoms with E-state index in [9.17, 15) is 8.42 Å². The maximum atomic E-state index is 11.5. The molecule has 1 aliphatic heterocycles. The number of sulfonamides is 1. The highest BCUT2D eigenvalue weighted by molar-refractivity contribution is 7.89. The lowest BCUT2D eigenvalue weighted by atomic mass is 10.3. The first-order valence-corrected chi connectivity index (χ1v) is 6.99. The molecule has 2 N–H and O–H groups in total. The maximum absolute atomic E-state index is 11.5. The second kappa shape index (κ2) is 6.42. The lowest BCUT2D eigenvalue weighted by Crippen LogP contribution is -2.32. The third kappa shape index (κ3) is 5.46. The molecule has 0 saturated carbocycles. The predicted octanol–water partition coefficient (Wildman–Crippen LogP) is -0.143. The van der Waals surface area contributed by atoms with Gasteiger partial charge in [-0.25, -0.2) is 13.1 Å². The average Bonchev–Trinajstić information content (AvgIpc) is 2.64. The van der Waals surface area contributed by atoms with Crippen molar-refractivity contribution in [3.05, 3.63) is 0 Å². The van der Waals surface area contributed by atoms with Gasteiger partial charge in [-0.15, -0.1) is 0 Å². The average molecular weight is 237 g/mol. The summed E-state index contributed by atoms with van der Waals surface area (Å²) in [6, 6.07) is 0. The fourth-order valence-corrected chi connectivity index (χ4v) is 2.87. The van der Waals surface area contributed by atoms with Crippen LogP contribution in [-0.2, 0) is 14.8 Å². The van der Waals surface area contributed by atoms with E-state index in [1.165, 1.54) is 0 Å². The van der Waals surface area contributed by atoms with Gasteiger partial charge in [0.2, 0.25) is 10.0 Å². The van der Waals surface area contributed by atoms with Gasteiger partial charge in [0.05, 0.1) is 11.9 Å². The largest absolute Gasteiger partial charge is 0.396 e. The van der Waals surface area contributed by atoms with Gasteiger partial charge in [-0.1, -0.05) is 0 Å². The molecule has 0 aromatic rings. The van der Waals surface area contributed by atoms with Gasteiger partial charge in [-0.2, -0.15) is 0 Å². The van der Waals surface area contributed by atoms with Gasteiger partial charge in [0, 0.05) is 19.8 Å². The molecule has 0 radical (unpaired) electrons. The van der Waals surface area contributed by atoms with E-state index in [0.717, 1.165) is 12.8 Å². The first-order valence-electron chi connectivity index (χ1n) is 5.34. The molecular formula is C9H19NO4S. The number of aliphatic hydroxyl groups excluding tert-OH is 1. The van der Waals surface area contributed by atoms with Gasteiger partial charge < -0.3 is 9.84 Å². The van der Waals surface area contributed by atoms with Crippen LogP contribution in [0.2, 0.25) is 0 Å². The summed E-state index contributed by atoms with van der Waals surface area (Å²) in [6.07, 6.45) is 2.94.